The predicted molar refractivity (Wildman–Crippen MR) is 65.5 cm³/mol. The predicted octanol–water partition coefficient (Wildman–Crippen LogP) is 1.37. The second-order valence-electron chi connectivity index (χ2n) is 4.92. The van der Waals surface area contributed by atoms with E-state index in [0.29, 0.717) is 0 Å². The first-order valence-electron chi connectivity index (χ1n) is 5.80. The van der Waals surface area contributed by atoms with Crippen molar-refractivity contribution >= 4 is 0 Å². The van der Waals surface area contributed by atoms with E-state index in [1.54, 1.807) is 0 Å². The highest BCUT2D eigenvalue weighted by atomic mass is 16.5. The Balaban J connectivity index is 2.03. The minimum Gasteiger partial charge on any atom is -0.375 e. The first-order valence-corrected chi connectivity index (χ1v) is 5.80. The van der Waals surface area contributed by atoms with Crippen molar-refractivity contribution in [3.05, 3.63) is 18.2 Å². The molecule has 4 nitrogen and oxygen atoms in total. The normalized spacial score (nSPS) is 12.0. The summed E-state index contributed by atoms with van der Waals surface area (Å²) in [6.07, 6.45) is 4.76. The van der Waals surface area contributed by atoms with E-state index in [-0.39, 0.29) is 5.60 Å². The highest BCUT2D eigenvalue weighted by molar-refractivity contribution is 4.91. The fourth-order valence-corrected chi connectivity index (χ4v) is 1.39. The molecule has 1 rings (SSSR count). The fourth-order valence-electron chi connectivity index (χ4n) is 1.39. The van der Waals surface area contributed by atoms with Gasteiger partial charge in [0.2, 0.25) is 0 Å². The quantitative estimate of drug-likeness (QED) is 0.743. The van der Waals surface area contributed by atoms with E-state index in [2.05, 4.69) is 31.1 Å². The monoisotopic (exact) mass is 225 g/mol. The molecule has 0 saturated heterocycles. The molecule has 92 valence electrons. The van der Waals surface area contributed by atoms with Gasteiger partial charge in [-0.15, -0.1) is 0 Å². The topological polar surface area (TPSA) is 39.1 Å². The van der Waals surface area contributed by atoms with Crippen molar-refractivity contribution in [1.29, 1.82) is 0 Å². The lowest BCUT2D eigenvalue weighted by Gasteiger charge is -2.19. The first-order chi connectivity index (χ1) is 7.49. The molecule has 16 heavy (non-hydrogen) atoms. The van der Waals surface area contributed by atoms with Crippen LogP contribution in [-0.4, -0.2) is 34.8 Å². The number of aromatic nitrogens is 2. The van der Waals surface area contributed by atoms with Crippen LogP contribution in [0.5, 0.6) is 0 Å². The van der Waals surface area contributed by atoms with Crippen molar-refractivity contribution in [1.82, 2.24) is 14.9 Å². The van der Waals surface area contributed by atoms with Crippen molar-refractivity contribution < 1.29 is 4.74 Å². The van der Waals surface area contributed by atoms with Crippen LogP contribution >= 0.6 is 0 Å². The lowest BCUT2D eigenvalue weighted by Crippen LogP contribution is -2.28. The van der Waals surface area contributed by atoms with Crippen LogP contribution < -0.4 is 5.32 Å². The SMILES string of the molecule is Cn1ccnc1CCNCCOC(C)(C)C. The van der Waals surface area contributed by atoms with E-state index in [1.807, 2.05) is 24.0 Å². The zero-order valence-electron chi connectivity index (χ0n) is 10.8. The summed E-state index contributed by atoms with van der Waals surface area (Å²) in [6.45, 7) is 8.80. The molecule has 0 aliphatic carbocycles. The molecular formula is C12H23N3O. The number of hydrogen-bond acceptors (Lipinski definition) is 3. The van der Waals surface area contributed by atoms with Crippen LogP contribution in [0.3, 0.4) is 0 Å². The molecule has 1 aromatic rings. The van der Waals surface area contributed by atoms with E-state index < -0.39 is 0 Å². The van der Waals surface area contributed by atoms with Crippen LogP contribution in [-0.2, 0) is 18.2 Å². The second-order valence-corrected chi connectivity index (χ2v) is 4.92. The molecule has 0 bridgehead atoms. The van der Waals surface area contributed by atoms with Crippen LogP contribution in [0.2, 0.25) is 0 Å². The van der Waals surface area contributed by atoms with Gasteiger partial charge in [-0.25, -0.2) is 4.98 Å². The van der Waals surface area contributed by atoms with Gasteiger partial charge in [0.1, 0.15) is 5.82 Å². The van der Waals surface area contributed by atoms with Gasteiger partial charge < -0.3 is 14.6 Å². The lowest BCUT2D eigenvalue weighted by molar-refractivity contribution is -0.000721. The Labute approximate surface area is 98.0 Å². The second kappa shape index (κ2) is 6.01. The smallest absolute Gasteiger partial charge is 0.109 e. The third-order valence-corrected chi connectivity index (χ3v) is 2.26. The van der Waals surface area contributed by atoms with Crippen molar-refractivity contribution in [3.63, 3.8) is 0 Å². The maximum absolute atomic E-state index is 5.61. The van der Waals surface area contributed by atoms with Crippen molar-refractivity contribution in [2.75, 3.05) is 19.7 Å². The van der Waals surface area contributed by atoms with Crippen LogP contribution in [0.25, 0.3) is 0 Å². The lowest BCUT2D eigenvalue weighted by atomic mass is 10.2. The van der Waals surface area contributed by atoms with Crippen LogP contribution in [0.1, 0.15) is 26.6 Å². The van der Waals surface area contributed by atoms with E-state index >= 15 is 0 Å². The van der Waals surface area contributed by atoms with Gasteiger partial charge in [0.25, 0.3) is 0 Å². The number of ether oxygens (including phenoxy) is 1. The van der Waals surface area contributed by atoms with Crippen LogP contribution in [0, 0.1) is 0 Å². The van der Waals surface area contributed by atoms with Gasteiger partial charge in [-0.1, -0.05) is 0 Å². The minimum absolute atomic E-state index is 0.0403. The molecule has 0 atom stereocenters. The molecule has 1 aromatic heterocycles. The molecule has 0 aliphatic heterocycles. The molecule has 0 aromatic carbocycles. The Bertz CT molecular complexity index is 301. The molecule has 4 heteroatoms. The summed E-state index contributed by atoms with van der Waals surface area (Å²) in [5.41, 5.74) is -0.0403. The van der Waals surface area contributed by atoms with Gasteiger partial charge in [0.15, 0.2) is 0 Å². The summed E-state index contributed by atoms with van der Waals surface area (Å²) < 4.78 is 7.66. The third-order valence-electron chi connectivity index (χ3n) is 2.26. The van der Waals surface area contributed by atoms with E-state index in [9.17, 15) is 0 Å². The Morgan fingerprint density at radius 2 is 2.12 bits per heavy atom. The number of imidazole rings is 1. The number of rotatable bonds is 6. The molecule has 0 spiro atoms. The average Bonchev–Trinajstić information content (AvgIpc) is 2.56. The summed E-state index contributed by atoms with van der Waals surface area (Å²) >= 11 is 0. The Morgan fingerprint density at radius 3 is 2.69 bits per heavy atom. The van der Waals surface area contributed by atoms with Gasteiger partial charge in [-0.05, 0) is 20.8 Å². The first kappa shape index (κ1) is 13.2. The molecule has 1 N–H and O–H groups in total. The standard InChI is InChI=1S/C12H23N3O/c1-12(2,3)16-10-8-13-6-5-11-14-7-9-15(11)4/h7,9,13H,5-6,8,10H2,1-4H3. The van der Waals surface area contributed by atoms with Gasteiger partial charge in [0.05, 0.1) is 12.2 Å². The van der Waals surface area contributed by atoms with E-state index in [1.165, 1.54) is 0 Å². The largest absolute Gasteiger partial charge is 0.375 e. The molecule has 0 saturated carbocycles. The Morgan fingerprint density at radius 1 is 1.38 bits per heavy atom. The highest BCUT2D eigenvalue weighted by Crippen LogP contribution is 2.04. The summed E-state index contributed by atoms with van der Waals surface area (Å²) in [6, 6.07) is 0. The van der Waals surface area contributed by atoms with Gasteiger partial charge in [0, 0.05) is 39.0 Å². The molecule has 0 unspecified atom stereocenters. The van der Waals surface area contributed by atoms with Gasteiger partial charge in [-0.2, -0.15) is 0 Å². The Hall–Kier alpha value is -0.870. The highest BCUT2D eigenvalue weighted by Gasteiger charge is 2.08. The molecule has 0 amide bonds. The molecule has 1 heterocycles. The number of hydrogen-bond donors (Lipinski definition) is 1. The maximum atomic E-state index is 5.61. The Kier molecular flexibility index (Phi) is 4.96. The zero-order valence-corrected chi connectivity index (χ0v) is 10.8. The number of nitrogens with zero attached hydrogens (tertiary/aromatic N) is 2. The van der Waals surface area contributed by atoms with Crippen molar-refractivity contribution in [3.8, 4) is 0 Å². The summed E-state index contributed by atoms with van der Waals surface area (Å²) in [4.78, 5) is 4.26. The van der Waals surface area contributed by atoms with Crippen molar-refractivity contribution in [2.24, 2.45) is 7.05 Å². The van der Waals surface area contributed by atoms with Crippen LogP contribution in [0.4, 0.5) is 0 Å². The fraction of sp³-hybridized carbons (Fsp3) is 0.750. The van der Waals surface area contributed by atoms with Crippen molar-refractivity contribution in [2.45, 2.75) is 32.8 Å². The van der Waals surface area contributed by atoms with Gasteiger partial charge in [-0.3, -0.25) is 0 Å². The van der Waals surface area contributed by atoms with E-state index in [4.69, 9.17) is 4.74 Å². The summed E-state index contributed by atoms with van der Waals surface area (Å²) in [7, 11) is 2.02. The number of aryl methyl sites for hydroxylation is 1. The van der Waals surface area contributed by atoms with Gasteiger partial charge >= 0.3 is 0 Å². The minimum atomic E-state index is -0.0403. The zero-order chi connectivity index (χ0) is 12.0. The number of nitrogens with one attached hydrogen (secondary N) is 1. The summed E-state index contributed by atoms with van der Waals surface area (Å²) in [5.74, 6) is 1.12. The average molecular weight is 225 g/mol. The summed E-state index contributed by atoms with van der Waals surface area (Å²) in [5, 5.41) is 3.35. The molecular weight excluding hydrogens is 202 g/mol. The molecule has 0 radical (unpaired) electrons. The molecule has 0 fully saturated rings. The third kappa shape index (κ3) is 5.28. The van der Waals surface area contributed by atoms with E-state index in [0.717, 1.165) is 31.9 Å². The molecule has 0 aliphatic rings. The van der Waals surface area contributed by atoms with Crippen LogP contribution in [0.15, 0.2) is 12.4 Å². The maximum Gasteiger partial charge on any atom is 0.109 e.